The number of amides is 1. The molecule has 1 saturated heterocycles. The van der Waals surface area contributed by atoms with Gasteiger partial charge in [0.2, 0.25) is 5.91 Å². The van der Waals surface area contributed by atoms with Crippen LogP contribution in [0.1, 0.15) is 30.0 Å². The van der Waals surface area contributed by atoms with Gasteiger partial charge in [-0.25, -0.2) is 0 Å². The standard InChI is InChI=1S/C17H19ClN2OS/c18-15-5-3-12(4-6-15)16(14-7-9-22-11-14)20-17(21)13-2-1-8-19-10-13/h3-7,9,11,13,16,19H,1-2,8,10H2,(H,20,21). The lowest BCUT2D eigenvalue weighted by Crippen LogP contribution is -2.42. The van der Waals surface area contributed by atoms with Crippen LogP contribution in [-0.4, -0.2) is 19.0 Å². The van der Waals surface area contributed by atoms with Crippen molar-refractivity contribution in [2.75, 3.05) is 13.1 Å². The Kier molecular flexibility index (Phi) is 5.13. The third-order valence-corrected chi connectivity index (χ3v) is 4.99. The molecule has 0 bridgehead atoms. The monoisotopic (exact) mass is 334 g/mol. The second kappa shape index (κ2) is 7.27. The molecule has 22 heavy (non-hydrogen) atoms. The van der Waals surface area contributed by atoms with Crippen molar-refractivity contribution in [3.8, 4) is 0 Å². The lowest BCUT2D eigenvalue weighted by Gasteiger charge is -2.25. The minimum atomic E-state index is -0.113. The smallest absolute Gasteiger partial charge is 0.225 e. The summed E-state index contributed by atoms with van der Waals surface area (Å²) in [6.45, 7) is 1.78. The van der Waals surface area contributed by atoms with Crippen LogP contribution >= 0.6 is 22.9 Å². The summed E-state index contributed by atoms with van der Waals surface area (Å²) in [7, 11) is 0. The van der Waals surface area contributed by atoms with E-state index in [1.54, 1.807) is 11.3 Å². The maximum Gasteiger partial charge on any atom is 0.225 e. The molecule has 2 aromatic rings. The summed E-state index contributed by atoms with van der Waals surface area (Å²) in [4.78, 5) is 12.6. The second-order valence-electron chi connectivity index (χ2n) is 5.59. The van der Waals surface area contributed by atoms with E-state index in [1.165, 1.54) is 0 Å². The first-order chi connectivity index (χ1) is 10.7. The summed E-state index contributed by atoms with van der Waals surface area (Å²) in [5, 5.41) is 11.3. The number of carbonyl (C=O) groups is 1. The SMILES string of the molecule is O=C(NC(c1ccc(Cl)cc1)c1ccsc1)C1CCCNC1. The first-order valence-electron chi connectivity index (χ1n) is 7.52. The molecule has 5 heteroatoms. The van der Waals surface area contributed by atoms with E-state index in [9.17, 15) is 4.79 Å². The topological polar surface area (TPSA) is 41.1 Å². The number of benzene rings is 1. The second-order valence-corrected chi connectivity index (χ2v) is 6.81. The van der Waals surface area contributed by atoms with Crippen LogP contribution in [0.2, 0.25) is 5.02 Å². The van der Waals surface area contributed by atoms with Crippen LogP contribution in [0, 0.1) is 5.92 Å². The maximum atomic E-state index is 12.6. The Hall–Kier alpha value is -1.36. The van der Waals surface area contributed by atoms with E-state index in [1.807, 2.05) is 29.6 Å². The Morgan fingerprint density at radius 2 is 2.09 bits per heavy atom. The molecule has 0 saturated carbocycles. The average Bonchev–Trinajstić information content (AvgIpc) is 3.08. The van der Waals surface area contributed by atoms with E-state index in [0.29, 0.717) is 5.02 Å². The molecule has 2 heterocycles. The Bertz CT molecular complexity index is 606. The van der Waals surface area contributed by atoms with Crippen molar-refractivity contribution >= 4 is 28.8 Å². The summed E-state index contributed by atoms with van der Waals surface area (Å²) in [5.41, 5.74) is 2.17. The molecule has 3 rings (SSSR count). The summed E-state index contributed by atoms with van der Waals surface area (Å²) in [5.74, 6) is 0.181. The predicted molar refractivity (Wildman–Crippen MR) is 91.4 cm³/mol. The molecular formula is C17H19ClN2OS. The minimum Gasteiger partial charge on any atom is -0.345 e. The van der Waals surface area contributed by atoms with Gasteiger partial charge >= 0.3 is 0 Å². The summed E-state index contributed by atoms with van der Waals surface area (Å²) in [6, 6.07) is 9.63. The molecule has 1 aliphatic heterocycles. The number of thiophene rings is 1. The van der Waals surface area contributed by atoms with Gasteiger partial charge in [0.15, 0.2) is 0 Å². The number of carbonyl (C=O) groups excluding carboxylic acids is 1. The predicted octanol–water partition coefficient (Wildman–Crippen LogP) is 3.61. The first-order valence-corrected chi connectivity index (χ1v) is 8.85. The number of piperidine rings is 1. The fourth-order valence-corrected chi connectivity index (χ4v) is 3.60. The van der Waals surface area contributed by atoms with Gasteiger partial charge in [-0.1, -0.05) is 23.7 Å². The van der Waals surface area contributed by atoms with Gasteiger partial charge in [0.1, 0.15) is 0 Å². The maximum absolute atomic E-state index is 12.6. The van der Waals surface area contributed by atoms with Gasteiger partial charge in [0, 0.05) is 11.6 Å². The van der Waals surface area contributed by atoms with Gasteiger partial charge < -0.3 is 10.6 Å². The van der Waals surface area contributed by atoms with Crippen LogP contribution in [0.4, 0.5) is 0 Å². The van der Waals surface area contributed by atoms with Crippen molar-refractivity contribution in [3.05, 3.63) is 57.2 Å². The zero-order chi connectivity index (χ0) is 15.4. The highest BCUT2D eigenvalue weighted by molar-refractivity contribution is 7.08. The zero-order valence-electron chi connectivity index (χ0n) is 12.2. The van der Waals surface area contributed by atoms with Crippen molar-refractivity contribution in [1.29, 1.82) is 0 Å². The molecule has 2 unspecified atom stereocenters. The fourth-order valence-electron chi connectivity index (χ4n) is 2.79. The van der Waals surface area contributed by atoms with Crippen LogP contribution in [0.3, 0.4) is 0 Å². The van der Waals surface area contributed by atoms with Gasteiger partial charge in [0.25, 0.3) is 0 Å². The Labute approximate surface area is 139 Å². The Morgan fingerprint density at radius 1 is 1.27 bits per heavy atom. The van der Waals surface area contributed by atoms with Crippen molar-refractivity contribution < 1.29 is 4.79 Å². The largest absolute Gasteiger partial charge is 0.345 e. The lowest BCUT2D eigenvalue weighted by molar-refractivity contribution is -0.126. The van der Waals surface area contributed by atoms with Crippen LogP contribution in [0.25, 0.3) is 0 Å². The quantitative estimate of drug-likeness (QED) is 0.896. The van der Waals surface area contributed by atoms with Gasteiger partial charge in [-0.15, -0.1) is 0 Å². The van der Waals surface area contributed by atoms with Gasteiger partial charge in [0.05, 0.1) is 12.0 Å². The van der Waals surface area contributed by atoms with Gasteiger partial charge in [-0.3, -0.25) is 4.79 Å². The van der Waals surface area contributed by atoms with Crippen LogP contribution in [-0.2, 0) is 4.79 Å². The molecule has 2 N–H and O–H groups in total. The molecule has 1 aromatic carbocycles. The molecule has 1 aromatic heterocycles. The summed E-state index contributed by atoms with van der Waals surface area (Å²) in [6.07, 6.45) is 2.01. The molecule has 116 valence electrons. The average molecular weight is 335 g/mol. The normalized spacial score (nSPS) is 19.6. The molecule has 3 nitrogen and oxygen atoms in total. The third kappa shape index (κ3) is 3.69. The lowest BCUT2D eigenvalue weighted by atomic mass is 9.96. The molecular weight excluding hydrogens is 316 g/mol. The van der Waals surface area contributed by atoms with E-state index >= 15 is 0 Å². The number of hydrogen-bond donors (Lipinski definition) is 2. The van der Waals surface area contributed by atoms with Crippen molar-refractivity contribution in [1.82, 2.24) is 10.6 Å². The molecule has 1 amide bonds. The molecule has 1 aliphatic rings. The number of halogens is 1. The summed E-state index contributed by atoms with van der Waals surface area (Å²) >= 11 is 7.61. The van der Waals surface area contributed by atoms with E-state index in [-0.39, 0.29) is 17.9 Å². The molecule has 1 fully saturated rings. The van der Waals surface area contributed by atoms with Crippen molar-refractivity contribution in [3.63, 3.8) is 0 Å². The first kappa shape index (κ1) is 15.5. The minimum absolute atomic E-state index is 0.0576. The fraction of sp³-hybridized carbons (Fsp3) is 0.353. The highest BCUT2D eigenvalue weighted by Gasteiger charge is 2.24. The van der Waals surface area contributed by atoms with Gasteiger partial charge in [-0.2, -0.15) is 11.3 Å². The molecule has 0 radical (unpaired) electrons. The molecule has 0 aliphatic carbocycles. The number of hydrogen-bond acceptors (Lipinski definition) is 3. The van der Waals surface area contributed by atoms with Gasteiger partial charge in [-0.05, 0) is 59.5 Å². The zero-order valence-corrected chi connectivity index (χ0v) is 13.8. The van der Waals surface area contributed by atoms with Crippen molar-refractivity contribution in [2.24, 2.45) is 5.92 Å². The highest BCUT2D eigenvalue weighted by Crippen LogP contribution is 2.26. The van der Waals surface area contributed by atoms with E-state index in [2.05, 4.69) is 22.1 Å². The summed E-state index contributed by atoms with van der Waals surface area (Å²) < 4.78 is 0. The van der Waals surface area contributed by atoms with Crippen molar-refractivity contribution in [2.45, 2.75) is 18.9 Å². The Balaban J connectivity index is 1.79. The third-order valence-electron chi connectivity index (χ3n) is 4.03. The van der Waals surface area contributed by atoms with Crippen LogP contribution in [0.5, 0.6) is 0 Å². The van der Waals surface area contributed by atoms with Crippen LogP contribution in [0.15, 0.2) is 41.1 Å². The Morgan fingerprint density at radius 3 is 2.73 bits per heavy atom. The number of nitrogens with one attached hydrogen (secondary N) is 2. The van der Waals surface area contributed by atoms with Crippen LogP contribution < -0.4 is 10.6 Å². The van der Waals surface area contributed by atoms with E-state index in [0.717, 1.165) is 37.1 Å². The molecule has 0 spiro atoms. The van der Waals surface area contributed by atoms with E-state index < -0.39 is 0 Å². The highest BCUT2D eigenvalue weighted by atomic mass is 35.5. The number of rotatable bonds is 4. The molecule has 2 atom stereocenters. The van der Waals surface area contributed by atoms with E-state index in [4.69, 9.17) is 11.6 Å².